The molecule has 2 amide bonds. The number of anilines is 2. The van der Waals surface area contributed by atoms with E-state index < -0.39 is 18.5 Å². The van der Waals surface area contributed by atoms with Crippen molar-refractivity contribution in [3.63, 3.8) is 0 Å². The summed E-state index contributed by atoms with van der Waals surface area (Å²) in [5, 5.41) is 2.60. The van der Waals surface area contributed by atoms with Gasteiger partial charge in [-0.3, -0.25) is 14.4 Å². The zero-order chi connectivity index (χ0) is 20.1. The van der Waals surface area contributed by atoms with E-state index in [0.29, 0.717) is 29.9 Å². The lowest BCUT2D eigenvalue weighted by Crippen LogP contribution is -2.27. The van der Waals surface area contributed by atoms with Gasteiger partial charge in [-0.15, -0.1) is 0 Å². The number of esters is 1. The van der Waals surface area contributed by atoms with E-state index in [2.05, 4.69) is 5.32 Å². The Morgan fingerprint density at radius 2 is 1.79 bits per heavy atom. The van der Waals surface area contributed by atoms with Gasteiger partial charge in [-0.05, 0) is 49.7 Å². The third kappa shape index (κ3) is 4.43. The number of nitrogens with zero attached hydrogens (tertiary/aromatic N) is 1. The molecule has 1 heterocycles. The summed E-state index contributed by atoms with van der Waals surface area (Å²) < 4.78 is 5.12. The zero-order valence-electron chi connectivity index (χ0n) is 15.4. The minimum absolute atomic E-state index is 0.0352. The summed E-state index contributed by atoms with van der Waals surface area (Å²) in [6.45, 7) is 1.55. The minimum Gasteiger partial charge on any atom is -0.452 e. The van der Waals surface area contributed by atoms with Crippen molar-refractivity contribution in [2.75, 3.05) is 23.4 Å². The number of ether oxygens (including phenoxy) is 1. The smallest absolute Gasteiger partial charge is 0.340 e. The predicted octanol–water partition coefficient (Wildman–Crippen LogP) is 2.81. The number of hydrogen-bond acceptors (Lipinski definition) is 5. The lowest BCUT2D eigenvalue weighted by Gasteiger charge is -2.18. The van der Waals surface area contributed by atoms with Gasteiger partial charge < -0.3 is 15.0 Å². The average Bonchev–Trinajstić information content (AvgIpc) is 3.12. The van der Waals surface area contributed by atoms with E-state index in [1.54, 1.807) is 53.4 Å². The molecule has 1 fully saturated rings. The van der Waals surface area contributed by atoms with E-state index in [9.17, 15) is 19.2 Å². The van der Waals surface area contributed by atoms with Crippen molar-refractivity contribution in [1.29, 1.82) is 0 Å². The SMILES string of the molecule is CC(=O)c1ccc(NC(=O)COC(=O)c2ccccc2N2CCCC2=O)cc1. The highest BCUT2D eigenvalue weighted by atomic mass is 16.5. The highest BCUT2D eigenvalue weighted by molar-refractivity contribution is 6.04. The molecule has 0 spiro atoms. The zero-order valence-corrected chi connectivity index (χ0v) is 15.4. The van der Waals surface area contributed by atoms with Gasteiger partial charge in [0.25, 0.3) is 5.91 Å². The third-order valence-corrected chi connectivity index (χ3v) is 4.40. The standard InChI is InChI=1S/C21H20N2O5/c1-14(24)15-8-10-16(11-9-15)22-19(25)13-28-21(27)17-5-2-3-6-18(17)23-12-4-7-20(23)26/h2-3,5-6,8-11H,4,7,12-13H2,1H3,(H,22,25). The average molecular weight is 380 g/mol. The Hall–Kier alpha value is -3.48. The van der Waals surface area contributed by atoms with Crippen LogP contribution in [0.25, 0.3) is 0 Å². The highest BCUT2D eigenvalue weighted by Gasteiger charge is 2.26. The molecule has 28 heavy (non-hydrogen) atoms. The Bertz CT molecular complexity index is 921. The first-order chi connectivity index (χ1) is 13.5. The first kappa shape index (κ1) is 19.3. The highest BCUT2D eigenvalue weighted by Crippen LogP contribution is 2.26. The van der Waals surface area contributed by atoms with E-state index >= 15 is 0 Å². The van der Waals surface area contributed by atoms with Gasteiger partial charge >= 0.3 is 5.97 Å². The number of para-hydroxylation sites is 1. The fourth-order valence-electron chi connectivity index (χ4n) is 2.98. The molecule has 7 heteroatoms. The van der Waals surface area contributed by atoms with Gasteiger partial charge in [-0.1, -0.05) is 12.1 Å². The Morgan fingerprint density at radius 3 is 2.43 bits per heavy atom. The summed E-state index contributed by atoms with van der Waals surface area (Å²) in [5.74, 6) is -1.27. The van der Waals surface area contributed by atoms with Crippen molar-refractivity contribution < 1.29 is 23.9 Å². The second kappa shape index (κ2) is 8.47. The van der Waals surface area contributed by atoms with Crippen LogP contribution >= 0.6 is 0 Å². The molecule has 1 N–H and O–H groups in total. The molecule has 0 unspecified atom stereocenters. The van der Waals surface area contributed by atoms with E-state index in [-0.39, 0.29) is 17.3 Å². The van der Waals surface area contributed by atoms with E-state index in [4.69, 9.17) is 4.74 Å². The van der Waals surface area contributed by atoms with Gasteiger partial charge in [0.15, 0.2) is 12.4 Å². The van der Waals surface area contributed by atoms with Crippen LogP contribution in [-0.4, -0.2) is 36.7 Å². The number of nitrogens with one attached hydrogen (secondary N) is 1. The van der Waals surface area contributed by atoms with Crippen molar-refractivity contribution >= 4 is 34.9 Å². The monoisotopic (exact) mass is 380 g/mol. The number of benzene rings is 2. The summed E-state index contributed by atoms with van der Waals surface area (Å²) in [6.07, 6.45) is 1.20. The van der Waals surface area contributed by atoms with Crippen molar-refractivity contribution in [2.45, 2.75) is 19.8 Å². The second-order valence-electron chi connectivity index (χ2n) is 6.42. The summed E-state index contributed by atoms with van der Waals surface area (Å²) in [6, 6.07) is 13.1. The number of rotatable bonds is 6. The number of Topliss-reactive ketones (excluding diaryl/α,β-unsaturated/α-hetero) is 1. The Morgan fingerprint density at radius 1 is 1.07 bits per heavy atom. The largest absolute Gasteiger partial charge is 0.452 e. The molecule has 3 rings (SSSR count). The summed E-state index contributed by atoms with van der Waals surface area (Å²) in [4.78, 5) is 49.3. The Labute approximate surface area is 162 Å². The maximum atomic E-state index is 12.4. The molecule has 0 aliphatic carbocycles. The van der Waals surface area contributed by atoms with Crippen LogP contribution in [0.1, 0.15) is 40.5 Å². The normalized spacial score (nSPS) is 13.3. The second-order valence-corrected chi connectivity index (χ2v) is 6.42. The Kier molecular flexibility index (Phi) is 5.84. The van der Waals surface area contributed by atoms with Gasteiger partial charge in [0.05, 0.1) is 11.3 Å². The quantitative estimate of drug-likeness (QED) is 0.614. The van der Waals surface area contributed by atoms with Crippen LogP contribution < -0.4 is 10.2 Å². The molecule has 2 aromatic rings. The van der Waals surface area contributed by atoms with Gasteiger partial charge in [-0.25, -0.2) is 4.79 Å². The van der Waals surface area contributed by atoms with Gasteiger partial charge in [0.1, 0.15) is 0 Å². The van der Waals surface area contributed by atoms with E-state index in [1.807, 2.05) is 0 Å². The number of carbonyl (C=O) groups excluding carboxylic acids is 4. The summed E-state index contributed by atoms with van der Waals surface area (Å²) in [5.41, 5.74) is 1.78. The lowest BCUT2D eigenvalue weighted by molar-refractivity contribution is -0.119. The molecule has 0 saturated carbocycles. The van der Waals surface area contributed by atoms with Crippen molar-refractivity contribution in [1.82, 2.24) is 0 Å². The number of amides is 2. The minimum atomic E-state index is -0.669. The predicted molar refractivity (Wildman–Crippen MR) is 103 cm³/mol. The molecule has 7 nitrogen and oxygen atoms in total. The van der Waals surface area contributed by atoms with Crippen molar-refractivity contribution in [3.8, 4) is 0 Å². The third-order valence-electron chi connectivity index (χ3n) is 4.40. The van der Waals surface area contributed by atoms with Crippen LogP contribution in [0.2, 0.25) is 0 Å². The number of ketones is 1. The molecular formula is C21H20N2O5. The molecule has 2 aromatic carbocycles. The fraction of sp³-hybridized carbons (Fsp3) is 0.238. The van der Waals surface area contributed by atoms with Crippen LogP contribution in [0.5, 0.6) is 0 Å². The molecule has 1 aliphatic rings. The van der Waals surface area contributed by atoms with Gasteiger partial charge in [0.2, 0.25) is 5.91 Å². The molecule has 0 bridgehead atoms. The molecule has 0 radical (unpaired) electrons. The molecule has 1 saturated heterocycles. The maximum absolute atomic E-state index is 12.4. The molecule has 144 valence electrons. The first-order valence-corrected chi connectivity index (χ1v) is 8.93. The van der Waals surface area contributed by atoms with E-state index in [0.717, 1.165) is 6.42 Å². The first-order valence-electron chi connectivity index (χ1n) is 8.93. The number of hydrogen-bond donors (Lipinski definition) is 1. The van der Waals surface area contributed by atoms with Crippen LogP contribution in [0.3, 0.4) is 0 Å². The van der Waals surface area contributed by atoms with Gasteiger partial charge in [0, 0.05) is 24.2 Å². The maximum Gasteiger partial charge on any atom is 0.340 e. The van der Waals surface area contributed by atoms with Crippen molar-refractivity contribution in [2.24, 2.45) is 0 Å². The summed E-state index contributed by atoms with van der Waals surface area (Å²) >= 11 is 0. The van der Waals surface area contributed by atoms with E-state index in [1.165, 1.54) is 6.92 Å². The molecular weight excluding hydrogens is 360 g/mol. The van der Waals surface area contributed by atoms with Gasteiger partial charge in [-0.2, -0.15) is 0 Å². The van der Waals surface area contributed by atoms with Crippen LogP contribution in [-0.2, 0) is 14.3 Å². The van der Waals surface area contributed by atoms with Crippen LogP contribution in [0.15, 0.2) is 48.5 Å². The van der Waals surface area contributed by atoms with Crippen LogP contribution in [0.4, 0.5) is 11.4 Å². The fourth-order valence-corrected chi connectivity index (χ4v) is 2.98. The molecule has 0 atom stereocenters. The topological polar surface area (TPSA) is 92.8 Å². The van der Waals surface area contributed by atoms with Crippen LogP contribution in [0, 0.1) is 0 Å². The number of carbonyl (C=O) groups is 4. The summed E-state index contributed by atoms with van der Waals surface area (Å²) in [7, 11) is 0. The van der Waals surface area contributed by atoms with Crippen molar-refractivity contribution in [3.05, 3.63) is 59.7 Å². The molecule has 1 aliphatic heterocycles. The lowest BCUT2D eigenvalue weighted by atomic mass is 10.1. The molecule has 0 aromatic heterocycles. The Balaban J connectivity index is 1.60.